The first-order valence-corrected chi connectivity index (χ1v) is 8.49. The Morgan fingerprint density at radius 2 is 1.68 bits per heavy atom. The molecule has 0 aromatic heterocycles. The van der Waals surface area contributed by atoms with Crippen LogP contribution in [0.3, 0.4) is 0 Å². The lowest BCUT2D eigenvalue weighted by atomic mass is 10.2. The molecular weight excluding hydrogens is 364 g/mol. The molecule has 2 aromatic carbocycles. The normalized spacial score (nSPS) is 10.4. The number of hydrogen-bond donors (Lipinski definition) is 1. The minimum Gasteiger partial charge on any atom is -0.494 e. The van der Waals surface area contributed by atoms with Gasteiger partial charge in [-0.3, -0.25) is 9.59 Å². The predicted molar refractivity (Wildman–Crippen MR) is 104 cm³/mol. The number of methoxy groups -OCH3 is 2. The topological polar surface area (TPSA) is 95.5 Å². The zero-order chi connectivity index (χ0) is 20.5. The van der Waals surface area contributed by atoms with E-state index in [1.165, 1.54) is 27.4 Å². The largest absolute Gasteiger partial charge is 0.494 e. The van der Waals surface area contributed by atoms with Gasteiger partial charge in [-0.1, -0.05) is 0 Å². The van der Waals surface area contributed by atoms with Crippen molar-refractivity contribution in [3.63, 3.8) is 0 Å². The summed E-state index contributed by atoms with van der Waals surface area (Å²) in [4.78, 5) is 23.4. The molecule has 0 saturated carbocycles. The zero-order valence-corrected chi connectivity index (χ0v) is 16.1. The van der Waals surface area contributed by atoms with Crippen molar-refractivity contribution in [3.05, 3.63) is 47.5 Å². The van der Waals surface area contributed by atoms with Gasteiger partial charge in [0.2, 0.25) is 5.75 Å². The average Bonchev–Trinajstić information content (AvgIpc) is 2.69. The summed E-state index contributed by atoms with van der Waals surface area (Å²) < 4.78 is 20.9. The molecule has 0 saturated heterocycles. The number of amides is 1. The van der Waals surface area contributed by atoms with Gasteiger partial charge in [-0.15, -0.1) is 0 Å². The van der Waals surface area contributed by atoms with E-state index in [9.17, 15) is 9.59 Å². The quantitative estimate of drug-likeness (QED) is 0.324. The number of rotatable bonds is 8. The molecule has 2 rings (SSSR count). The fourth-order valence-electron chi connectivity index (χ4n) is 2.32. The van der Waals surface area contributed by atoms with Crippen LogP contribution in [-0.2, 0) is 4.79 Å². The van der Waals surface area contributed by atoms with Gasteiger partial charge in [0.1, 0.15) is 5.75 Å². The average molecular weight is 386 g/mol. The molecule has 0 aliphatic rings. The van der Waals surface area contributed by atoms with Crippen LogP contribution in [0.15, 0.2) is 41.5 Å². The maximum Gasteiger partial charge on any atom is 0.308 e. The number of esters is 1. The highest BCUT2D eigenvalue weighted by molar-refractivity contribution is 5.95. The second-order valence-electron chi connectivity index (χ2n) is 5.50. The van der Waals surface area contributed by atoms with E-state index < -0.39 is 5.97 Å². The molecule has 1 amide bonds. The Kier molecular flexibility index (Phi) is 7.38. The molecule has 28 heavy (non-hydrogen) atoms. The summed E-state index contributed by atoms with van der Waals surface area (Å²) in [5, 5.41) is 3.94. The third-order valence-electron chi connectivity index (χ3n) is 3.54. The first kappa shape index (κ1) is 20.8. The molecule has 148 valence electrons. The molecule has 0 aliphatic heterocycles. The van der Waals surface area contributed by atoms with E-state index in [-0.39, 0.29) is 11.7 Å². The van der Waals surface area contributed by atoms with E-state index >= 15 is 0 Å². The fourth-order valence-corrected chi connectivity index (χ4v) is 2.32. The number of hydrogen-bond acceptors (Lipinski definition) is 7. The molecule has 0 bridgehead atoms. The summed E-state index contributed by atoms with van der Waals surface area (Å²) in [6.45, 7) is 3.72. The molecule has 0 radical (unpaired) electrons. The fraction of sp³-hybridized carbons (Fsp3) is 0.250. The standard InChI is InChI=1S/C20H22N2O6/c1-5-27-16-8-6-15(7-9-16)20(24)22-21-12-14-10-17(25-3)19(28-13(2)23)18(11-14)26-4/h6-12H,5H2,1-4H3,(H,22,24)/b21-12+. The highest BCUT2D eigenvalue weighted by Gasteiger charge is 2.15. The van der Waals surface area contributed by atoms with Crippen molar-refractivity contribution in [2.24, 2.45) is 5.10 Å². The molecule has 2 aromatic rings. The molecule has 0 aliphatic carbocycles. The smallest absolute Gasteiger partial charge is 0.308 e. The first-order chi connectivity index (χ1) is 13.5. The second-order valence-corrected chi connectivity index (χ2v) is 5.50. The first-order valence-electron chi connectivity index (χ1n) is 8.49. The van der Waals surface area contributed by atoms with Gasteiger partial charge >= 0.3 is 5.97 Å². The maximum absolute atomic E-state index is 12.2. The van der Waals surface area contributed by atoms with Crippen LogP contribution in [0.2, 0.25) is 0 Å². The van der Waals surface area contributed by atoms with Gasteiger partial charge in [0, 0.05) is 18.1 Å². The third-order valence-corrected chi connectivity index (χ3v) is 3.54. The van der Waals surface area contributed by atoms with E-state index in [4.69, 9.17) is 18.9 Å². The maximum atomic E-state index is 12.2. The van der Waals surface area contributed by atoms with Crippen LogP contribution >= 0.6 is 0 Å². The van der Waals surface area contributed by atoms with Crippen LogP contribution in [0.25, 0.3) is 0 Å². The number of nitrogens with zero attached hydrogens (tertiary/aromatic N) is 1. The molecule has 8 nitrogen and oxygen atoms in total. The molecule has 0 unspecified atom stereocenters. The predicted octanol–water partition coefficient (Wildman–Crippen LogP) is 2.79. The Balaban J connectivity index is 2.12. The van der Waals surface area contributed by atoms with Gasteiger partial charge in [0.05, 0.1) is 27.0 Å². The number of nitrogens with one attached hydrogen (secondary N) is 1. The summed E-state index contributed by atoms with van der Waals surface area (Å²) in [5.74, 6) is 0.598. The number of carbonyl (C=O) groups is 2. The second kappa shape index (κ2) is 9.96. The van der Waals surface area contributed by atoms with Crippen molar-refractivity contribution in [1.29, 1.82) is 0 Å². The van der Waals surface area contributed by atoms with Crippen molar-refractivity contribution in [2.45, 2.75) is 13.8 Å². The molecule has 1 N–H and O–H groups in total. The van der Waals surface area contributed by atoms with Crippen LogP contribution in [0.4, 0.5) is 0 Å². The lowest BCUT2D eigenvalue weighted by Crippen LogP contribution is -2.17. The van der Waals surface area contributed by atoms with Crippen LogP contribution in [0, 0.1) is 0 Å². The highest BCUT2D eigenvalue weighted by atomic mass is 16.6. The lowest BCUT2D eigenvalue weighted by Gasteiger charge is -2.13. The van der Waals surface area contributed by atoms with Gasteiger partial charge in [-0.05, 0) is 43.3 Å². The van der Waals surface area contributed by atoms with Crippen LogP contribution in [0.1, 0.15) is 29.8 Å². The van der Waals surface area contributed by atoms with Crippen molar-refractivity contribution in [2.75, 3.05) is 20.8 Å². The molecule has 0 spiro atoms. The van der Waals surface area contributed by atoms with Crippen LogP contribution in [0.5, 0.6) is 23.0 Å². The van der Waals surface area contributed by atoms with Crippen molar-refractivity contribution >= 4 is 18.1 Å². The van der Waals surface area contributed by atoms with Gasteiger partial charge in [-0.2, -0.15) is 5.10 Å². The van der Waals surface area contributed by atoms with Crippen molar-refractivity contribution < 1.29 is 28.5 Å². The molecule has 8 heteroatoms. The van der Waals surface area contributed by atoms with E-state index in [0.29, 0.717) is 35.0 Å². The minimum absolute atomic E-state index is 0.174. The summed E-state index contributed by atoms with van der Waals surface area (Å²) in [6.07, 6.45) is 1.43. The number of benzene rings is 2. The molecule has 0 fully saturated rings. The van der Waals surface area contributed by atoms with Crippen molar-refractivity contribution in [1.82, 2.24) is 5.43 Å². The Labute approximate surface area is 163 Å². The van der Waals surface area contributed by atoms with E-state index in [0.717, 1.165) is 0 Å². The van der Waals surface area contributed by atoms with Crippen molar-refractivity contribution in [3.8, 4) is 23.0 Å². The summed E-state index contributed by atoms with van der Waals surface area (Å²) >= 11 is 0. The number of hydrazone groups is 1. The van der Waals surface area contributed by atoms with Gasteiger partial charge in [0.15, 0.2) is 11.5 Å². The minimum atomic E-state index is -0.499. The lowest BCUT2D eigenvalue weighted by molar-refractivity contribution is -0.132. The summed E-state index contributed by atoms with van der Waals surface area (Å²) in [7, 11) is 2.88. The van der Waals surface area contributed by atoms with E-state index in [2.05, 4.69) is 10.5 Å². The van der Waals surface area contributed by atoms with Crippen LogP contribution in [-0.4, -0.2) is 38.9 Å². The third kappa shape index (κ3) is 5.47. The molecule has 0 heterocycles. The van der Waals surface area contributed by atoms with E-state index in [1.54, 1.807) is 36.4 Å². The van der Waals surface area contributed by atoms with Gasteiger partial charge in [0.25, 0.3) is 5.91 Å². The Bertz CT molecular complexity index is 836. The molecule has 0 atom stereocenters. The Hall–Kier alpha value is -3.55. The van der Waals surface area contributed by atoms with E-state index in [1.807, 2.05) is 6.92 Å². The summed E-state index contributed by atoms with van der Waals surface area (Å²) in [6, 6.07) is 9.93. The molecular formula is C20H22N2O6. The zero-order valence-electron chi connectivity index (χ0n) is 16.1. The van der Waals surface area contributed by atoms with Crippen LogP contribution < -0.4 is 24.4 Å². The summed E-state index contributed by atoms with van der Waals surface area (Å²) in [5.41, 5.74) is 3.47. The number of carbonyl (C=O) groups excluding carboxylic acids is 2. The van der Waals surface area contributed by atoms with Gasteiger partial charge in [-0.25, -0.2) is 5.43 Å². The number of ether oxygens (including phenoxy) is 4. The Morgan fingerprint density at radius 3 is 2.18 bits per heavy atom. The van der Waals surface area contributed by atoms with Gasteiger partial charge < -0.3 is 18.9 Å². The monoisotopic (exact) mass is 386 g/mol. The highest BCUT2D eigenvalue weighted by Crippen LogP contribution is 2.38. The Morgan fingerprint density at radius 1 is 1.07 bits per heavy atom. The SMILES string of the molecule is CCOc1ccc(C(=O)N/N=C/c2cc(OC)c(OC(C)=O)c(OC)c2)cc1.